The van der Waals surface area contributed by atoms with E-state index in [2.05, 4.69) is 23.7 Å². The Morgan fingerprint density at radius 3 is 2.03 bits per heavy atom. The first-order valence-corrected chi connectivity index (χ1v) is 11.1. The number of likely N-dealkylation sites (N-methyl/N-ethyl adjacent to an activating group) is 1. The lowest BCUT2D eigenvalue weighted by Crippen LogP contribution is -2.38. The number of anilines is 1. The topological polar surface area (TPSA) is 49.3 Å². The van der Waals surface area contributed by atoms with Crippen molar-refractivity contribution in [2.45, 2.75) is 13.8 Å². The van der Waals surface area contributed by atoms with Crippen LogP contribution in [0, 0.1) is 0 Å². The van der Waals surface area contributed by atoms with Crippen LogP contribution in [0.15, 0.2) is 48.5 Å². The zero-order valence-electron chi connectivity index (χ0n) is 16.4. The standard InChI is InChI=1S/C21H22N4OS2.ClH/c1-3-24(4-2)13-14-25(21-23-16-10-6-8-12-18(16)28-21)20(26)19-22-15-9-5-7-11-17(15)27-19;/h5-12H,3-4,13-14H2,1-2H3;1H. The van der Waals surface area contributed by atoms with Gasteiger partial charge in [0, 0.05) is 13.1 Å². The molecule has 0 unspecified atom stereocenters. The van der Waals surface area contributed by atoms with Gasteiger partial charge in [0.25, 0.3) is 5.91 Å². The average molecular weight is 447 g/mol. The van der Waals surface area contributed by atoms with Crippen molar-refractivity contribution >= 4 is 66.6 Å². The molecule has 0 radical (unpaired) electrons. The fraction of sp³-hybridized carbons (Fsp3) is 0.286. The Labute approximate surface area is 184 Å². The maximum atomic E-state index is 13.4. The summed E-state index contributed by atoms with van der Waals surface area (Å²) in [6, 6.07) is 15.9. The number of thiazole rings is 2. The first-order valence-electron chi connectivity index (χ1n) is 9.45. The minimum atomic E-state index is -0.0765. The number of fused-ring (bicyclic) bond motifs is 2. The third kappa shape index (κ3) is 4.59. The van der Waals surface area contributed by atoms with E-state index in [0.717, 1.165) is 45.2 Å². The van der Waals surface area contributed by atoms with E-state index in [1.165, 1.54) is 11.3 Å². The number of para-hydroxylation sites is 2. The zero-order chi connectivity index (χ0) is 19.5. The average Bonchev–Trinajstić information content (AvgIpc) is 3.34. The third-order valence-corrected chi connectivity index (χ3v) is 6.85. The lowest BCUT2D eigenvalue weighted by Gasteiger charge is -2.24. The number of hydrogen-bond donors (Lipinski definition) is 0. The van der Waals surface area contributed by atoms with Crippen molar-refractivity contribution in [1.29, 1.82) is 0 Å². The Bertz CT molecular complexity index is 1040. The molecule has 0 atom stereocenters. The molecule has 0 saturated carbocycles. The Hall–Kier alpha value is -2.06. The molecule has 0 aliphatic heterocycles. The maximum Gasteiger partial charge on any atom is 0.289 e. The number of benzene rings is 2. The van der Waals surface area contributed by atoms with E-state index in [9.17, 15) is 4.79 Å². The van der Waals surface area contributed by atoms with E-state index >= 15 is 0 Å². The molecule has 0 bridgehead atoms. The predicted octanol–water partition coefficient (Wildman–Crippen LogP) is 5.32. The van der Waals surface area contributed by atoms with Crippen LogP contribution < -0.4 is 4.90 Å². The SMILES string of the molecule is CCN(CC)CCN(C(=O)c1nc2ccccc2s1)c1nc2ccccc2s1.Cl. The van der Waals surface area contributed by atoms with Crippen molar-refractivity contribution in [3.05, 3.63) is 53.5 Å². The molecule has 0 spiro atoms. The second-order valence-corrected chi connectivity index (χ2v) is 8.47. The highest BCUT2D eigenvalue weighted by Crippen LogP contribution is 2.31. The maximum absolute atomic E-state index is 13.4. The van der Waals surface area contributed by atoms with Crippen LogP contribution >= 0.6 is 35.1 Å². The molecule has 0 aliphatic carbocycles. The van der Waals surface area contributed by atoms with E-state index in [1.54, 1.807) is 16.2 Å². The van der Waals surface area contributed by atoms with Crippen molar-refractivity contribution in [2.75, 3.05) is 31.1 Å². The van der Waals surface area contributed by atoms with E-state index in [1.807, 2.05) is 48.5 Å². The van der Waals surface area contributed by atoms with Gasteiger partial charge in [-0.1, -0.05) is 49.4 Å². The number of rotatable bonds is 7. The molecule has 4 rings (SSSR count). The summed E-state index contributed by atoms with van der Waals surface area (Å²) in [5.41, 5.74) is 1.79. The molecule has 2 aromatic heterocycles. The lowest BCUT2D eigenvalue weighted by atomic mass is 10.3. The smallest absolute Gasteiger partial charge is 0.289 e. The predicted molar refractivity (Wildman–Crippen MR) is 126 cm³/mol. The van der Waals surface area contributed by atoms with Gasteiger partial charge < -0.3 is 4.90 Å². The normalized spacial score (nSPS) is 11.1. The quantitative estimate of drug-likeness (QED) is 0.385. The summed E-state index contributed by atoms with van der Waals surface area (Å²) in [7, 11) is 0. The largest absolute Gasteiger partial charge is 0.302 e. The van der Waals surface area contributed by atoms with Gasteiger partial charge in [0.15, 0.2) is 10.1 Å². The van der Waals surface area contributed by atoms with Crippen LogP contribution in [-0.2, 0) is 0 Å². The minimum absolute atomic E-state index is 0. The monoisotopic (exact) mass is 446 g/mol. The van der Waals surface area contributed by atoms with Crippen molar-refractivity contribution < 1.29 is 4.79 Å². The first-order chi connectivity index (χ1) is 13.7. The lowest BCUT2D eigenvalue weighted by molar-refractivity contribution is 0.0983. The van der Waals surface area contributed by atoms with Crippen LogP contribution in [0.5, 0.6) is 0 Å². The van der Waals surface area contributed by atoms with Crippen LogP contribution in [-0.4, -0.2) is 47.0 Å². The molecule has 8 heteroatoms. The number of aromatic nitrogens is 2. The molecule has 4 aromatic rings. The summed E-state index contributed by atoms with van der Waals surface area (Å²) in [4.78, 5) is 26.8. The zero-order valence-corrected chi connectivity index (χ0v) is 18.8. The molecule has 2 heterocycles. The molecule has 5 nitrogen and oxygen atoms in total. The van der Waals surface area contributed by atoms with Gasteiger partial charge in [0.1, 0.15) is 0 Å². The van der Waals surface area contributed by atoms with Gasteiger partial charge in [-0.05, 0) is 37.4 Å². The van der Waals surface area contributed by atoms with E-state index in [-0.39, 0.29) is 18.3 Å². The van der Waals surface area contributed by atoms with Gasteiger partial charge in [-0.15, -0.1) is 23.7 Å². The van der Waals surface area contributed by atoms with E-state index in [4.69, 9.17) is 4.98 Å². The number of carbonyl (C=O) groups excluding carboxylic acids is 1. The van der Waals surface area contributed by atoms with Crippen LogP contribution in [0.1, 0.15) is 23.6 Å². The van der Waals surface area contributed by atoms with Crippen LogP contribution in [0.2, 0.25) is 0 Å². The molecule has 0 aliphatic rings. The van der Waals surface area contributed by atoms with Crippen molar-refractivity contribution in [3.8, 4) is 0 Å². The fourth-order valence-corrected chi connectivity index (χ4v) is 5.02. The van der Waals surface area contributed by atoms with Crippen LogP contribution in [0.4, 0.5) is 5.13 Å². The Kier molecular flexibility index (Phi) is 7.18. The number of carbonyl (C=O) groups is 1. The molecule has 1 amide bonds. The fourth-order valence-electron chi connectivity index (χ4n) is 3.12. The third-order valence-electron chi connectivity index (χ3n) is 4.77. The van der Waals surface area contributed by atoms with Gasteiger partial charge in [-0.3, -0.25) is 9.69 Å². The molecule has 0 fully saturated rings. The van der Waals surface area contributed by atoms with Crippen molar-refractivity contribution in [3.63, 3.8) is 0 Å². The second kappa shape index (κ2) is 9.63. The Morgan fingerprint density at radius 2 is 1.45 bits per heavy atom. The molecule has 0 saturated heterocycles. The van der Waals surface area contributed by atoms with E-state index < -0.39 is 0 Å². The van der Waals surface area contributed by atoms with Crippen LogP contribution in [0.25, 0.3) is 20.4 Å². The highest BCUT2D eigenvalue weighted by atomic mass is 35.5. The van der Waals surface area contributed by atoms with Crippen molar-refractivity contribution in [1.82, 2.24) is 14.9 Å². The summed E-state index contributed by atoms with van der Waals surface area (Å²) in [5.74, 6) is -0.0765. The number of halogens is 1. The van der Waals surface area contributed by atoms with Gasteiger partial charge in [-0.25, -0.2) is 9.97 Å². The highest BCUT2D eigenvalue weighted by Gasteiger charge is 2.24. The summed E-state index contributed by atoms with van der Waals surface area (Å²) in [5, 5.41) is 1.25. The molecule has 2 aromatic carbocycles. The summed E-state index contributed by atoms with van der Waals surface area (Å²) in [6.07, 6.45) is 0. The molecular formula is C21H23ClN4OS2. The summed E-state index contributed by atoms with van der Waals surface area (Å²) >= 11 is 3.00. The first kappa shape index (κ1) is 21.6. The van der Waals surface area contributed by atoms with E-state index in [0.29, 0.717) is 11.6 Å². The van der Waals surface area contributed by atoms with Gasteiger partial charge >= 0.3 is 0 Å². The van der Waals surface area contributed by atoms with Gasteiger partial charge in [0.2, 0.25) is 0 Å². The summed E-state index contributed by atoms with van der Waals surface area (Å²) < 4.78 is 2.11. The molecular weight excluding hydrogens is 424 g/mol. The minimum Gasteiger partial charge on any atom is -0.302 e. The van der Waals surface area contributed by atoms with Crippen molar-refractivity contribution in [2.24, 2.45) is 0 Å². The Balaban J connectivity index is 0.00000240. The van der Waals surface area contributed by atoms with Crippen LogP contribution in [0.3, 0.4) is 0 Å². The highest BCUT2D eigenvalue weighted by molar-refractivity contribution is 7.22. The Morgan fingerprint density at radius 1 is 0.862 bits per heavy atom. The molecule has 0 N–H and O–H groups in total. The number of hydrogen-bond acceptors (Lipinski definition) is 6. The molecule has 29 heavy (non-hydrogen) atoms. The summed E-state index contributed by atoms with van der Waals surface area (Å²) in [6.45, 7) is 7.59. The number of nitrogens with zero attached hydrogens (tertiary/aromatic N) is 4. The van der Waals surface area contributed by atoms with Gasteiger partial charge in [0.05, 0.1) is 20.4 Å². The van der Waals surface area contributed by atoms with Gasteiger partial charge in [-0.2, -0.15) is 0 Å². The second-order valence-electron chi connectivity index (χ2n) is 6.43. The molecule has 152 valence electrons. The number of amides is 1.